The number of esters is 1. The molecule has 1 aromatic carbocycles. The summed E-state index contributed by atoms with van der Waals surface area (Å²) >= 11 is 0. The molecule has 1 aliphatic rings. The molecule has 0 aromatic heterocycles. The van der Waals surface area contributed by atoms with Gasteiger partial charge in [-0.25, -0.2) is 0 Å². The first-order valence-corrected chi connectivity index (χ1v) is 7.64. The second-order valence-corrected chi connectivity index (χ2v) is 5.52. The minimum absolute atomic E-state index is 0.0103. The highest BCUT2D eigenvalue weighted by Gasteiger charge is 2.37. The fourth-order valence-corrected chi connectivity index (χ4v) is 2.97. The van der Waals surface area contributed by atoms with E-state index in [0.29, 0.717) is 12.8 Å². The summed E-state index contributed by atoms with van der Waals surface area (Å²) in [6, 6.07) is 7.52. The highest BCUT2D eigenvalue weighted by atomic mass is 16.5. The SMILES string of the molecule is COC(=O)CCC/C=C\CC1C(=O)c2ccccc2C1CO. The van der Waals surface area contributed by atoms with Gasteiger partial charge < -0.3 is 9.84 Å². The molecule has 22 heavy (non-hydrogen) atoms. The molecular formula is C18H22O4. The molecule has 1 N–H and O–H groups in total. The third-order valence-electron chi connectivity index (χ3n) is 4.18. The predicted molar refractivity (Wildman–Crippen MR) is 83.7 cm³/mol. The lowest BCUT2D eigenvalue weighted by Gasteiger charge is -2.14. The Hall–Kier alpha value is -1.94. The number of allylic oxidation sites excluding steroid dienone is 2. The van der Waals surface area contributed by atoms with Crippen molar-refractivity contribution in [3.8, 4) is 0 Å². The van der Waals surface area contributed by atoms with Gasteiger partial charge in [0.15, 0.2) is 5.78 Å². The molecule has 0 heterocycles. The summed E-state index contributed by atoms with van der Waals surface area (Å²) in [5.41, 5.74) is 1.70. The number of benzene rings is 1. The summed E-state index contributed by atoms with van der Waals surface area (Å²) in [7, 11) is 1.39. The Morgan fingerprint density at radius 1 is 1.27 bits per heavy atom. The second-order valence-electron chi connectivity index (χ2n) is 5.52. The van der Waals surface area contributed by atoms with Gasteiger partial charge in [-0.15, -0.1) is 0 Å². The fraction of sp³-hybridized carbons (Fsp3) is 0.444. The molecule has 1 aliphatic carbocycles. The van der Waals surface area contributed by atoms with Gasteiger partial charge in [0.25, 0.3) is 0 Å². The monoisotopic (exact) mass is 302 g/mol. The number of aliphatic hydroxyl groups is 1. The molecule has 4 nitrogen and oxygen atoms in total. The number of aliphatic hydroxyl groups excluding tert-OH is 1. The first-order chi connectivity index (χ1) is 10.7. The van der Waals surface area contributed by atoms with Crippen LogP contribution in [0.1, 0.15) is 47.5 Å². The summed E-state index contributed by atoms with van der Waals surface area (Å²) < 4.78 is 4.58. The molecule has 2 rings (SSSR count). The van der Waals surface area contributed by atoms with Gasteiger partial charge in [0.2, 0.25) is 0 Å². The van der Waals surface area contributed by atoms with E-state index >= 15 is 0 Å². The number of hydrogen-bond donors (Lipinski definition) is 1. The van der Waals surface area contributed by atoms with Crippen molar-refractivity contribution in [2.45, 2.75) is 31.6 Å². The van der Waals surface area contributed by atoms with E-state index in [1.807, 2.05) is 36.4 Å². The maximum atomic E-state index is 12.4. The van der Waals surface area contributed by atoms with Crippen LogP contribution in [-0.4, -0.2) is 30.6 Å². The number of hydrogen-bond acceptors (Lipinski definition) is 4. The molecule has 2 atom stereocenters. The Kier molecular flexibility index (Phi) is 5.90. The van der Waals surface area contributed by atoms with Crippen molar-refractivity contribution in [2.24, 2.45) is 5.92 Å². The zero-order valence-electron chi connectivity index (χ0n) is 12.8. The van der Waals surface area contributed by atoms with Gasteiger partial charge in [0, 0.05) is 23.8 Å². The van der Waals surface area contributed by atoms with E-state index in [2.05, 4.69) is 4.74 Å². The highest BCUT2D eigenvalue weighted by Crippen LogP contribution is 2.39. The van der Waals surface area contributed by atoms with Crippen molar-refractivity contribution in [3.05, 3.63) is 47.5 Å². The molecule has 0 fully saturated rings. The molecule has 0 radical (unpaired) electrons. The van der Waals surface area contributed by atoms with E-state index in [0.717, 1.165) is 24.0 Å². The predicted octanol–water partition coefficient (Wildman–Crippen LogP) is 2.86. The lowest BCUT2D eigenvalue weighted by molar-refractivity contribution is -0.140. The average Bonchev–Trinajstić information content (AvgIpc) is 2.82. The number of rotatable bonds is 7. The number of unbranched alkanes of at least 4 members (excludes halogenated alkanes) is 1. The van der Waals surface area contributed by atoms with Crippen LogP contribution in [-0.2, 0) is 9.53 Å². The smallest absolute Gasteiger partial charge is 0.305 e. The van der Waals surface area contributed by atoms with Crippen LogP contribution in [0.15, 0.2) is 36.4 Å². The van der Waals surface area contributed by atoms with Gasteiger partial charge in [-0.05, 0) is 24.8 Å². The van der Waals surface area contributed by atoms with Crippen molar-refractivity contribution >= 4 is 11.8 Å². The third-order valence-corrected chi connectivity index (χ3v) is 4.18. The summed E-state index contributed by atoms with van der Waals surface area (Å²) in [6.07, 6.45) is 6.53. The van der Waals surface area contributed by atoms with E-state index in [-0.39, 0.29) is 30.2 Å². The molecule has 0 spiro atoms. The first-order valence-electron chi connectivity index (χ1n) is 7.64. The number of ether oxygens (including phenoxy) is 1. The number of ketones is 1. The van der Waals surface area contributed by atoms with Crippen LogP contribution < -0.4 is 0 Å². The van der Waals surface area contributed by atoms with Crippen LogP contribution >= 0.6 is 0 Å². The Labute approximate surface area is 130 Å². The van der Waals surface area contributed by atoms with Gasteiger partial charge in [-0.3, -0.25) is 9.59 Å². The molecule has 118 valence electrons. The molecule has 0 saturated heterocycles. The van der Waals surface area contributed by atoms with E-state index < -0.39 is 0 Å². The summed E-state index contributed by atoms with van der Waals surface area (Å²) in [6.45, 7) is -0.0103. The van der Waals surface area contributed by atoms with E-state index in [4.69, 9.17) is 0 Å². The van der Waals surface area contributed by atoms with Gasteiger partial charge in [-0.2, -0.15) is 0 Å². The summed E-state index contributed by atoms with van der Waals surface area (Å²) in [5.74, 6) is -0.369. The van der Waals surface area contributed by atoms with Gasteiger partial charge in [0.1, 0.15) is 0 Å². The fourth-order valence-electron chi connectivity index (χ4n) is 2.97. The number of methoxy groups -OCH3 is 1. The Bertz CT molecular complexity index is 562. The van der Waals surface area contributed by atoms with Crippen LogP contribution in [0, 0.1) is 5.92 Å². The maximum absolute atomic E-state index is 12.4. The maximum Gasteiger partial charge on any atom is 0.305 e. The zero-order valence-corrected chi connectivity index (χ0v) is 12.8. The second kappa shape index (κ2) is 7.90. The third kappa shape index (κ3) is 3.63. The minimum atomic E-state index is -0.199. The molecule has 1 aromatic rings. The van der Waals surface area contributed by atoms with Crippen LogP contribution in [0.2, 0.25) is 0 Å². The standard InChI is InChI=1S/C18H22O4/c1-22-17(20)11-5-3-2-4-9-15-16(12-19)13-8-6-7-10-14(13)18(15)21/h2,4,6-8,10,15-16,19H,3,5,9,11-12H2,1H3/b4-2-. The molecule has 0 amide bonds. The Morgan fingerprint density at radius 3 is 2.77 bits per heavy atom. The van der Waals surface area contributed by atoms with Crippen molar-refractivity contribution in [1.82, 2.24) is 0 Å². The van der Waals surface area contributed by atoms with Crippen LogP contribution in [0.5, 0.6) is 0 Å². The normalized spacial score (nSPS) is 20.4. The van der Waals surface area contributed by atoms with Crippen molar-refractivity contribution < 1.29 is 19.4 Å². The van der Waals surface area contributed by atoms with Crippen LogP contribution in [0.3, 0.4) is 0 Å². The molecule has 0 bridgehead atoms. The molecule has 0 saturated carbocycles. The lowest BCUT2D eigenvalue weighted by atomic mass is 9.90. The topological polar surface area (TPSA) is 63.6 Å². The van der Waals surface area contributed by atoms with Crippen molar-refractivity contribution in [1.29, 1.82) is 0 Å². The zero-order chi connectivity index (χ0) is 15.9. The van der Waals surface area contributed by atoms with E-state index in [1.54, 1.807) is 0 Å². The number of Topliss-reactive ketones (excluding diaryl/α,β-unsaturated/α-hetero) is 1. The van der Waals surface area contributed by atoms with Crippen LogP contribution in [0.4, 0.5) is 0 Å². The molecule has 4 heteroatoms. The quantitative estimate of drug-likeness (QED) is 0.478. The van der Waals surface area contributed by atoms with Gasteiger partial charge in [0.05, 0.1) is 13.7 Å². The molecule has 0 aliphatic heterocycles. The Morgan fingerprint density at radius 2 is 2.05 bits per heavy atom. The first kappa shape index (κ1) is 16.4. The minimum Gasteiger partial charge on any atom is -0.469 e. The number of carbonyl (C=O) groups is 2. The average molecular weight is 302 g/mol. The summed E-state index contributed by atoms with van der Waals surface area (Å²) in [5, 5.41) is 9.60. The van der Waals surface area contributed by atoms with E-state index in [1.165, 1.54) is 7.11 Å². The molecular weight excluding hydrogens is 280 g/mol. The largest absolute Gasteiger partial charge is 0.469 e. The van der Waals surface area contributed by atoms with E-state index in [9.17, 15) is 14.7 Å². The summed E-state index contributed by atoms with van der Waals surface area (Å²) in [4.78, 5) is 23.4. The van der Waals surface area contributed by atoms with Crippen molar-refractivity contribution in [3.63, 3.8) is 0 Å². The van der Waals surface area contributed by atoms with Gasteiger partial charge >= 0.3 is 5.97 Å². The molecule has 2 unspecified atom stereocenters. The highest BCUT2D eigenvalue weighted by molar-refractivity contribution is 6.03. The lowest BCUT2D eigenvalue weighted by Crippen LogP contribution is -2.15. The number of fused-ring (bicyclic) bond motifs is 1. The van der Waals surface area contributed by atoms with Crippen LogP contribution in [0.25, 0.3) is 0 Å². The van der Waals surface area contributed by atoms with Gasteiger partial charge in [-0.1, -0.05) is 36.4 Å². The number of carbonyl (C=O) groups excluding carboxylic acids is 2. The Balaban J connectivity index is 1.88. The van der Waals surface area contributed by atoms with Crippen molar-refractivity contribution in [2.75, 3.05) is 13.7 Å².